The number of aromatic nitrogens is 1. The quantitative estimate of drug-likeness (QED) is 0.908. The molecule has 1 rings (SSSR count). The molecule has 0 aliphatic heterocycles. The van der Waals surface area contributed by atoms with Crippen LogP contribution in [-0.4, -0.2) is 17.1 Å². The van der Waals surface area contributed by atoms with Gasteiger partial charge in [-0.25, -0.2) is 4.79 Å². The second kappa shape index (κ2) is 4.78. The second-order valence-corrected chi connectivity index (χ2v) is 4.42. The molecule has 0 aromatic carbocycles. The molecule has 0 spiro atoms. The predicted molar refractivity (Wildman–Crippen MR) is 55.5 cm³/mol. The van der Waals surface area contributed by atoms with Crippen LogP contribution in [0, 0.1) is 0 Å². The molecular weight excluding hydrogens is 280 g/mol. The van der Waals surface area contributed by atoms with Crippen LogP contribution in [0.3, 0.4) is 0 Å². The lowest BCUT2D eigenvalue weighted by Gasteiger charge is -2.02. The molecule has 1 aromatic heterocycles. The first-order valence-electron chi connectivity index (χ1n) is 3.39. The normalized spacial score (nSPS) is 9.77. The number of carbonyl (C=O) groups is 1. The maximum atomic E-state index is 11.0. The van der Waals surface area contributed by atoms with Gasteiger partial charge < -0.3 is 4.74 Å². The van der Waals surface area contributed by atoms with Gasteiger partial charge in [-0.3, -0.25) is 5.32 Å². The Morgan fingerprint density at radius 1 is 1.85 bits per heavy atom. The summed E-state index contributed by atoms with van der Waals surface area (Å²) in [6.07, 6.45) is -0.537. The molecule has 0 fully saturated rings. The van der Waals surface area contributed by atoms with Gasteiger partial charge in [0.1, 0.15) is 9.47 Å². The summed E-state index contributed by atoms with van der Waals surface area (Å²) in [5.41, 5.74) is 0.449. The van der Waals surface area contributed by atoms with E-state index < -0.39 is 6.09 Å². The summed E-state index contributed by atoms with van der Waals surface area (Å²) in [6, 6.07) is 0. The van der Waals surface area contributed by atoms with Crippen molar-refractivity contribution in [1.29, 1.82) is 0 Å². The van der Waals surface area contributed by atoms with Crippen LogP contribution >= 0.6 is 39.1 Å². The molecular formula is C6H6BrClN2O2S. The Bertz CT molecular complexity index is 298. The zero-order chi connectivity index (χ0) is 9.84. The third-order valence-corrected chi connectivity index (χ3v) is 2.95. The summed E-state index contributed by atoms with van der Waals surface area (Å²) in [7, 11) is 0. The van der Waals surface area contributed by atoms with Crippen LogP contribution in [0.4, 0.5) is 10.5 Å². The number of hydrogen-bond donors (Lipinski definition) is 1. The molecule has 1 amide bonds. The smallest absolute Gasteiger partial charge is 0.411 e. The van der Waals surface area contributed by atoms with Crippen molar-refractivity contribution in [3.05, 3.63) is 8.94 Å². The fourth-order valence-electron chi connectivity index (χ4n) is 0.622. The Balaban J connectivity index is 2.68. The van der Waals surface area contributed by atoms with Crippen LogP contribution in [-0.2, 0) is 4.74 Å². The van der Waals surface area contributed by atoms with E-state index in [0.29, 0.717) is 16.1 Å². The number of halogens is 2. The van der Waals surface area contributed by atoms with Gasteiger partial charge in [0.05, 0.1) is 6.61 Å². The summed E-state index contributed by atoms with van der Waals surface area (Å²) in [4.78, 5) is 11.0. The minimum absolute atomic E-state index is 0.255. The number of nitrogens with one attached hydrogen (secondary N) is 1. The molecule has 0 saturated heterocycles. The largest absolute Gasteiger partial charge is 0.450 e. The molecule has 72 valence electrons. The van der Waals surface area contributed by atoms with E-state index in [1.165, 1.54) is 0 Å². The van der Waals surface area contributed by atoms with Crippen molar-refractivity contribution in [3.8, 4) is 0 Å². The van der Waals surface area contributed by atoms with Crippen molar-refractivity contribution in [2.45, 2.75) is 6.92 Å². The Morgan fingerprint density at radius 3 is 3.00 bits per heavy atom. The predicted octanol–water partition coefficient (Wildman–Crippen LogP) is 3.13. The number of amides is 1. The van der Waals surface area contributed by atoms with Crippen LogP contribution < -0.4 is 5.32 Å². The van der Waals surface area contributed by atoms with Crippen LogP contribution in [0.5, 0.6) is 0 Å². The lowest BCUT2D eigenvalue weighted by Crippen LogP contribution is -2.13. The molecule has 0 atom stereocenters. The number of rotatable bonds is 2. The lowest BCUT2D eigenvalue weighted by atomic mass is 10.6. The molecule has 0 aliphatic rings. The fourth-order valence-corrected chi connectivity index (χ4v) is 2.03. The Morgan fingerprint density at radius 2 is 2.54 bits per heavy atom. The maximum Gasteiger partial charge on any atom is 0.411 e. The second-order valence-electron chi connectivity index (χ2n) is 1.97. The van der Waals surface area contributed by atoms with Gasteiger partial charge in [-0.15, -0.1) is 0 Å². The molecule has 1 N–H and O–H groups in total. The van der Waals surface area contributed by atoms with Gasteiger partial charge in [0.15, 0.2) is 5.15 Å². The minimum atomic E-state index is -0.537. The first-order valence-corrected chi connectivity index (χ1v) is 5.34. The Labute approximate surface area is 92.5 Å². The maximum absolute atomic E-state index is 11.0. The number of carbonyl (C=O) groups excluding carboxylic acids is 1. The molecule has 4 nitrogen and oxygen atoms in total. The summed E-state index contributed by atoms with van der Waals surface area (Å²) in [5, 5.41) is 2.72. The molecule has 0 bridgehead atoms. The summed E-state index contributed by atoms with van der Waals surface area (Å²) in [6.45, 7) is 2.04. The molecule has 1 aromatic rings. The van der Waals surface area contributed by atoms with E-state index in [1.807, 2.05) is 0 Å². The standard InChI is InChI=1S/C6H6BrClN2O2S/c1-2-12-6(11)9-3-4(7)13-10-5(3)8/h2H2,1H3,(H,9,11). The van der Waals surface area contributed by atoms with E-state index in [2.05, 4.69) is 30.4 Å². The highest BCUT2D eigenvalue weighted by Gasteiger charge is 2.13. The first-order chi connectivity index (χ1) is 6.15. The van der Waals surface area contributed by atoms with Gasteiger partial charge in [0.2, 0.25) is 0 Å². The number of hydrogen-bond acceptors (Lipinski definition) is 4. The highest BCUT2D eigenvalue weighted by atomic mass is 79.9. The van der Waals surface area contributed by atoms with Gasteiger partial charge >= 0.3 is 6.09 Å². The number of anilines is 1. The first kappa shape index (κ1) is 10.7. The van der Waals surface area contributed by atoms with Crippen LogP contribution in [0.2, 0.25) is 5.15 Å². The van der Waals surface area contributed by atoms with E-state index in [0.717, 1.165) is 11.5 Å². The van der Waals surface area contributed by atoms with Crippen molar-refractivity contribution in [1.82, 2.24) is 4.37 Å². The van der Waals surface area contributed by atoms with Crippen molar-refractivity contribution >= 4 is 50.8 Å². The van der Waals surface area contributed by atoms with Gasteiger partial charge in [0.25, 0.3) is 0 Å². The zero-order valence-corrected chi connectivity index (χ0v) is 9.79. The average Bonchev–Trinajstić information content (AvgIpc) is 2.36. The molecule has 0 saturated carbocycles. The summed E-state index contributed by atoms with van der Waals surface area (Å²) < 4.78 is 9.16. The van der Waals surface area contributed by atoms with Gasteiger partial charge in [-0.2, -0.15) is 4.37 Å². The van der Waals surface area contributed by atoms with Crippen molar-refractivity contribution in [2.75, 3.05) is 11.9 Å². The highest BCUT2D eigenvalue weighted by Crippen LogP contribution is 2.33. The lowest BCUT2D eigenvalue weighted by molar-refractivity contribution is 0.168. The molecule has 7 heteroatoms. The molecule has 13 heavy (non-hydrogen) atoms. The summed E-state index contributed by atoms with van der Waals surface area (Å²) >= 11 is 10.0. The monoisotopic (exact) mass is 284 g/mol. The van der Waals surface area contributed by atoms with E-state index in [4.69, 9.17) is 11.6 Å². The van der Waals surface area contributed by atoms with Crippen LogP contribution in [0.25, 0.3) is 0 Å². The van der Waals surface area contributed by atoms with Crippen molar-refractivity contribution in [2.24, 2.45) is 0 Å². The average molecular weight is 286 g/mol. The number of ether oxygens (including phenoxy) is 1. The van der Waals surface area contributed by atoms with Crippen molar-refractivity contribution < 1.29 is 9.53 Å². The van der Waals surface area contributed by atoms with E-state index in [9.17, 15) is 4.79 Å². The van der Waals surface area contributed by atoms with E-state index in [-0.39, 0.29) is 5.15 Å². The van der Waals surface area contributed by atoms with Crippen LogP contribution in [0.1, 0.15) is 6.92 Å². The zero-order valence-electron chi connectivity index (χ0n) is 6.63. The van der Waals surface area contributed by atoms with Crippen LogP contribution in [0.15, 0.2) is 3.79 Å². The molecule has 0 aliphatic carbocycles. The van der Waals surface area contributed by atoms with E-state index in [1.54, 1.807) is 6.92 Å². The molecule has 0 unspecified atom stereocenters. The summed E-state index contributed by atoms with van der Waals surface area (Å²) in [5.74, 6) is 0. The van der Waals surface area contributed by atoms with E-state index >= 15 is 0 Å². The third-order valence-electron chi connectivity index (χ3n) is 1.11. The third kappa shape index (κ3) is 2.82. The topological polar surface area (TPSA) is 51.2 Å². The molecule has 1 heterocycles. The highest BCUT2D eigenvalue weighted by molar-refractivity contribution is 9.11. The Kier molecular flexibility index (Phi) is 3.95. The van der Waals surface area contributed by atoms with Gasteiger partial charge in [-0.05, 0) is 34.4 Å². The SMILES string of the molecule is CCOC(=O)Nc1c(Cl)nsc1Br. The Hall–Kier alpha value is -0.330. The van der Waals surface area contributed by atoms with Crippen molar-refractivity contribution in [3.63, 3.8) is 0 Å². The van der Waals surface area contributed by atoms with Gasteiger partial charge in [0, 0.05) is 0 Å². The fraction of sp³-hybridized carbons (Fsp3) is 0.333. The number of nitrogens with zero attached hydrogens (tertiary/aromatic N) is 1. The molecule has 0 radical (unpaired) electrons. The van der Waals surface area contributed by atoms with Gasteiger partial charge in [-0.1, -0.05) is 11.6 Å². The minimum Gasteiger partial charge on any atom is -0.450 e.